The third-order valence-corrected chi connectivity index (χ3v) is 5.85. The summed E-state index contributed by atoms with van der Waals surface area (Å²) in [5.41, 5.74) is 1.92. The number of H-pyrrole nitrogens is 1. The minimum atomic E-state index is -3.54. The number of nitrogens with zero attached hydrogens (tertiary/aromatic N) is 2. The summed E-state index contributed by atoms with van der Waals surface area (Å²) in [6, 6.07) is 9.14. The highest BCUT2D eigenvalue weighted by Gasteiger charge is 2.23. The van der Waals surface area contributed by atoms with E-state index in [0.717, 1.165) is 0 Å². The molecule has 162 valence electrons. The van der Waals surface area contributed by atoms with Gasteiger partial charge < -0.3 is 9.15 Å². The van der Waals surface area contributed by atoms with Gasteiger partial charge in [-0.05, 0) is 51.1 Å². The van der Waals surface area contributed by atoms with Crippen LogP contribution in [0.25, 0.3) is 33.7 Å². The van der Waals surface area contributed by atoms with Crippen molar-refractivity contribution in [2.45, 2.75) is 26.9 Å². The molecule has 10 heteroatoms. The van der Waals surface area contributed by atoms with Crippen LogP contribution >= 0.6 is 0 Å². The zero-order valence-electron chi connectivity index (χ0n) is 17.1. The van der Waals surface area contributed by atoms with Crippen molar-refractivity contribution in [1.82, 2.24) is 15.2 Å². The molecule has 8 nitrogen and oxygen atoms in total. The number of furan rings is 1. The molecule has 31 heavy (non-hydrogen) atoms. The second-order valence-electron chi connectivity index (χ2n) is 7.16. The van der Waals surface area contributed by atoms with Gasteiger partial charge in [0.05, 0.1) is 23.1 Å². The van der Waals surface area contributed by atoms with Crippen LogP contribution in [0.15, 0.2) is 47.1 Å². The van der Waals surface area contributed by atoms with E-state index in [4.69, 9.17) is 9.15 Å². The highest BCUT2D eigenvalue weighted by molar-refractivity contribution is 7.92. The molecule has 0 aliphatic heterocycles. The Morgan fingerprint density at radius 1 is 1.23 bits per heavy atom. The SMILES string of the molecule is CCS(=O)(=O)Nc1cc2oc(-c3ccc(F)cc3)c(-c3ncn[nH]3)c2cc1OC(C)C. The molecular formula is C21H21FN4O4S. The zero-order chi connectivity index (χ0) is 22.2. The number of aromatic nitrogens is 3. The third-order valence-electron chi connectivity index (χ3n) is 4.56. The Hall–Kier alpha value is -3.40. The molecule has 2 aromatic carbocycles. The largest absolute Gasteiger partial charge is 0.489 e. The molecule has 0 bridgehead atoms. The van der Waals surface area contributed by atoms with Gasteiger partial charge in [-0.2, -0.15) is 5.10 Å². The lowest BCUT2D eigenvalue weighted by Gasteiger charge is -2.15. The van der Waals surface area contributed by atoms with E-state index < -0.39 is 10.0 Å². The fraction of sp³-hybridized carbons (Fsp3) is 0.238. The van der Waals surface area contributed by atoms with Crippen LogP contribution in [0, 0.1) is 5.82 Å². The smallest absolute Gasteiger partial charge is 0.232 e. The highest BCUT2D eigenvalue weighted by atomic mass is 32.2. The fourth-order valence-electron chi connectivity index (χ4n) is 3.16. The molecule has 2 aromatic heterocycles. The molecule has 0 amide bonds. The van der Waals surface area contributed by atoms with Crippen LogP contribution in [0.3, 0.4) is 0 Å². The van der Waals surface area contributed by atoms with Crippen LogP contribution in [0.4, 0.5) is 10.1 Å². The molecule has 4 aromatic rings. The molecule has 0 aliphatic rings. The zero-order valence-corrected chi connectivity index (χ0v) is 18.0. The lowest BCUT2D eigenvalue weighted by atomic mass is 10.0. The fourth-order valence-corrected chi connectivity index (χ4v) is 3.80. The van der Waals surface area contributed by atoms with Crippen LogP contribution in [-0.2, 0) is 10.0 Å². The van der Waals surface area contributed by atoms with E-state index in [0.29, 0.717) is 39.4 Å². The Kier molecular flexibility index (Phi) is 5.40. The van der Waals surface area contributed by atoms with Gasteiger partial charge in [0.2, 0.25) is 10.0 Å². The summed E-state index contributed by atoms with van der Waals surface area (Å²) in [6.45, 7) is 5.24. The Labute approximate surface area is 178 Å². The van der Waals surface area contributed by atoms with E-state index in [1.54, 1.807) is 31.2 Å². The average Bonchev–Trinajstić information content (AvgIpc) is 3.35. The van der Waals surface area contributed by atoms with E-state index in [2.05, 4.69) is 19.9 Å². The molecule has 0 saturated heterocycles. The number of sulfonamides is 1. The summed E-state index contributed by atoms with van der Waals surface area (Å²) in [5, 5.41) is 7.39. The number of rotatable bonds is 7. The minimum Gasteiger partial charge on any atom is -0.489 e. The first kappa shape index (κ1) is 20.9. The maximum absolute atomic E-state index is 13.5. The topological polar surface area (TPSA) is 110 Å². The summed E-state index contributed by atoms with van der Waals surface area (Å²) in [7, 11) is -3.54. The summed E-state index contributed by atoms with van der Waals surface area (Å²) in [6.07, 6.45) is 1.18. The quantitative estimate of drug-likeness (QED) is 0.432. The Morgan fingerprint density at radius 2 is 1.97 bits per heavy atom. The summed E-state index contributed by atoms with van der Waals surface area (Å²) >= 11 is 0. The molecule has 0 radical (unpaired) electrons. The van der Waals surface area contributed by atoms with Crippen molar-refractivity contribution in [3.05, 3.63) is 48.5 Å². The number of ether oxygens (including phenoxy) is 1. The minimum absolute atomic E-state index is 0.0888. The molecule has 2 heterocycles. The first-order chi connectivity index (χ1) is 14.8. The molecule has 4 rings (SSSR count). The van der Waals surface area contributed by atoms with Crippen LogP contribution in [0.1, 0.15) is 20.8 Å². The molecule has 0 saturated carbocycles. The van der Waals surface area contributed by atoms with Gasteiger partial charge >= 0.3 is 0 Å². The van der Waals surface area contributed by atoms with E-state index >= 15 is 0 Å². The van der Waals surface area contributed by atoms with Crippen LogP contribution in [0.5, 0.6) is 5.75 Å². The van der Waals surface area contributed by atoms with Gasteiger partial charge in [-0.1, -0.05) is 0 Å². The lowest BCUT2D eigenvalue weighted by molar-refractivity contribution is 0.244. The number of nitrogens with one attached hydrogen (secondary N) is 2. The van der Waals surface area contributed by atoms with Gasteiger partial charge in [-0.3, -0.25) is 9.82 Å². The van der Waals surface area contributed by atoms with Crippen molar-refractivity contribution in [2.24, 2.45) is 0 Å². The number of anilines is 1. The number of hydrogen-bond acceptors (Lipinski definition) is 6. The first-order valence-electron chi connectivity index (χ1n) is 9.66. The van der Waals surface area contributed by atoms with Crippen molar-refractivity contribution in [1.29, 1.82) is 0 Å². The molecule has 0 spiro atoms. The predicted molar refractivity (Wildman–Crippen MR) is 116 cm³/mol. The summed E-state index contributed by atoms with van der Waals surface area (Å²) in [5.74, 6) is 0.791. The van der Waals surface area contributed by atoms with Gasteiger partial charge in [0, 0.05) is 17.0 Å². The van der Waals surface area contributed by atoms with Gasteiger partial charge in [-0.25, -0.2) is 17.8 Å². The number of hydrogen-bond donors (Lipinski definition) is 2. The Bertz CT molecular complexity index is 1310. The van der Waals surface area contributed by atoms with Crippen LogP contribution in [0.2, 0.25) is 0 Å². The summed E-state index contributed by atoms with van der Waals surface area (Å²) < 4.78 is 52.4. The van der Waals surface area contributed by atoms with Crippen molar-refractivity contribution in [3.8, 4) is 28.5 Å². The number of fused-ring (bicyclic) bond motifs is 1. The van der Waals surface area contributed by atoms with Crippen molar-refractivity contribution in [3.63, 3.8) is 0 Å². The lowest BCUT2D eigenvalue weighted by Crippen LogP contribution is -2.16. The van der Waals surface area contributed by atoms with E-state index in [9.17, 15) is 12.8 Å². The highest BCUT2D eigenvalue weighted by Crippen LogP contribution is 2.43. The van der Waals surface area contributed by atoms with Gasteiger partial charge in [-0.15, -0.1) is 0 Å². The van der Waals surface area contributed by atoms with Gasteiger partial charge in [0.15, 0.2) is 5.82 Å². The molecule has 0 unspecified atom stereocenters. The number of aromatic amines is 1. The maximum atomic E-state index is 13.5. The predicted octanol–water partition coefficient (Wildman–Crippen LogP) is 4.57. The van der Waals surface area contributed by atoms with Crippen LogP contribution < -0.4 is 9.46 Å². The second kappa shape index (κ2) is 8.03. The van der Waals surface area contributed by atoms with Gasteiger partial charge in [0.25, 0.3) is 0 Å². The molecule has 0 atom stereocenters. The average molecular weight is 444 g/mol. The van der Waals surface area contributed by atoms with Crippen LogP contribution in [-0.4, -0.2) is 35.5 Å². The number of benzene rings is 2. The number of halogens is 1. The normalized spacial score (nSPS) is 11.9. The molecule has 0 aliphatic carbocycles. The standard InChI is InChI=1S/C21H21FN4O4S/c1-4-31(27,28)26-16-10-17-15(9-18(16)29-12(2)3)19(21-23-11-24-25-21)20(30-17)13-5-7-14(22)8-6-13/h5-12,26H,4H2,1-3H3,(H,23,24,25). The maximum Gasteiger partial charge on any atom is 0.232 e. The molecule has 2 N–H and O–H groups in total. The van der Waals surface area contributed by atoms with Gasteiger partial charge in [0.1, 0.15) is 29.2 Å². The Morgan fingerprint density at radius 3 is 2.58 bits per heavy atom. The summed E-state index contributed by atoms with van der Waals surface area (Å²) in [4.78, 5) is 4.25. The van der Waals surface area contributed by atoms with Crippen molar-refractivity contribution < 1.29 is 22.0 Å². The molecule has 0 fully saturated rings. The molecular weight excluding hydrogens is 423 g/mol. The van der Waals surface area contributed by atoms with E-state index in [1.807, 2.05) is 13.8 Å². The Balaban J connectivity index is 1.99. The third kappa shape index (κ3) is 4.24. The first-order valence-corrected chi connectivity index (χ1v) is 11.3. The monoisotopic (exact) mass is 444 g/mol. The van der Waals surface area contributed by atoms with Crippen molar-refractivity contribution in [2.75, 3.05) is 10.5 Å². The second-order valence-corrected chi connectivity index (χ2v) is 9.17. The van der Waals surface area contributed by atoms with E-state index in [-0.39, 0.29) is 23.4 Å². The van der Waals surface area contributed by atoms with Crippen molar-refractivity contribution >= 4 is 26.7 Å². The van der Waals surface area contributed by atoms with E-state index in [1.165, 1.54) is 18.5 Å².